The van der Waals surface area contributed by atoms with Gasteiger partial charge in [0.2, 0.25) is 11.0 Å². The van der Waals surface area contributed by atoms with E-state index in [-0.39, 0.29) is 5.78 Å². The number of carbonyl (C=O) groups is 1. The molecule has 0 radical (unpaired) electrons. The minimum absolute atomic E-state index is 0.0834. The lowest BCUT2D eigenvalue weighted by molar-refractivity contribution is -0.641. The summed E-state index contributed by atoms with van der Waals surface area (Å²) >= 11 is 0. The highest BCUT2D eigenvalue weighted by atomic mass is 16.1. The Hall–Kier alpha value is -3.98. The maximum absolute atomic E-state index is 14.0. The zero-order chi connectivity index (χ0) is 24.1. The van der Waals surface area contributed by atoms with Crippen LogP contribution in [0, 0.1) is 0 Å². The van der Waals surface area contributed by atoms with Crippen LogP contribution >= 0.6 is 0 Å². The molecule has 35 heavy (non-hydrogen) atoms. The number of nitrogens with zero attached hydrogens (tertiary/aromatic N) is 1. The Labute approximate surface area is 206 Å². The van der Waals surface area contributed by atoms with Gasteiger partial charge in [-0.2, -0.15) is 4.57 Å². The van der Waals surface area contributed by atoms with E-state index < -0.39 is 0 Å². The largest absolute Gasteiger partial charge is 0.355 e. The van der Waals surface area contributed by atoms with Gasteiger partial charge in [-0.15, -0.1) is 0 Å². The monoisotopic (exact) mass is 457 g/mol. The number of carbonyl (C=O) groups excluding carboxylic acids is 1. The standard InChI is InChI=1S/C32H28N2O/c1-4-20-11-14-22(15-12-20)33-26-16-18-28-31-29(23-9-7-8-10-24(23)32(35)30(26)31)25-19-21(5-2)13-17-27(25)34(28)6-3/h7-19H,4-6H2,1-3H3/p+1. The second-order valence-electron chi connectivity index (χ2n) is 9.26. The van der Waals surface area contributed by atoms with Crippen LogP contribution in [0.3, 0.4) is 0 Å². The molecule has 1 aromatic heterocycles. The van der Waals surface area contributed by atoms with Crippen molar-refractivity contribution in [2.45, 2.75) is 40.2 Å². The van der Waals surface area contributed by atoms with Gasteiger partial charge in [-0.05, 0) is 60.7 Å². The van der Waals surface area contributed by atoms with Gasteiger partial charge < -0.3 is 5.32 Å². The smallest absolute Gasteiger partial charge is 0.214 e. The molecule has 6 rings (SSSR count). The average Bonchev–Trinajstić information content (AvgIpc) is 2.91. The number of hydrogen-bond donors (Lipinski definition) is 1. The van der Waals surface area contributed by atoms with Crippen LogP contribution in [-0.2, 0) is 19.4 Å². The number of anilines is 2. The lowest BCUT2D eigenvalue weighted by atomic mass is 9.81. The number of nitrogens with one attached hydrogen (secondary N) is 1. The predicted octanol–water partition coefficient (Wildman–Crippen LogP) is 7.38. The van der Waals surface area contributed by atoms with Gasteiger partial charge in [-0.3, -0.25) is 4.79 Å². The molecule has 0 fully saturated rings. The third kappa shape index (κ3) is 3.26. The molecule has 172 valence electrons. The lowest BCUT2D eigenvalue weighted by Gasteiger charge is -2.23. The molecule has 3 nitrogen and oxygen atoms in total. The molecule has 0 spiro atoms. The first-order valence-corrected chi connectivity index (χ1v) is 12.6. The number of aromatic nitrogens is 1. The average molecular weight is 458 g/mol. The zero-order valence-electron chi connectivity index (χ0n) is 20.5. The molecule has 0 saturated heterocycles. The van der Waals surface area contributed by atoms with Gasteiger partial charge >= 0.3 is 0 Å². The summed E-state index contributed by atoms with van der Waals surface area (Å²) in [6.45, 7) is 7.36. The maximum atomic E-state index is 14.0. The van der Waals surface area contributed by atoms with Crippen LogP contribution in [0.25, 0.3) is 32.9 Å². The number of hydrogen-bond acceptors (Lipinski definition) is 2. The third-order valence-electron chi connectivity index (χ3n) is 7.38. The van der Waals surface area contributed by atoms with Crippen molar-refractivity contribution in [2.75, 3.05) is 5.32 Å². The van der Waals surface area contributed by atoms with E-state index in [0.29, 0.717) is 0 Å². The van der Waals surface area contributed by atoms with Crippen molar-refractivity contribution in [1.29, 1.82) is 0 Å². The van der Waals surface area contributed by atoms with E-state index in [0.717, 1.165) is 58.4 Å². The molecule has 5 aromatic rings. The van der Waals surface area contributed by atoms with Gasteiger partial charge in [0, 0.05) is 28.9 Å². The summed E-state index contributed by atoms with van der Waals surface area (Å²) in [5.74, 6) is 0.0834. The fourth-order valence-electron chi connectivity index (χ4n) is 5.55. The van der Waals surface area contributed by atoms with E-state index in [2.05, 4.69) is 91.3 Å². The third-order valence-corrected chi connectivity index (χ3v) is 7.38. The summed E-state index contributed by atoms with van der Waals surface area (Å²) in [7, 11) is 0. The molecule has 1 aliphatic rings. The molecular formula is C32H29N2O+. The molecule has 0 amide bonds. The molecule has 0 atom stereocenters. The lowest BCUT2D eigenvalue weighted by Crippen LogP contribution is -2.35. The normalized spacial score (nSPS) is 12.3. The Balaban J connectivity index is 1.72. The Bertz CT molecular complexity index is 1630. The van der Waals surface area contributed by atoms with E-state index in [9.17, 15) is 4.79 Å². The summed E-state index contributed by atoms with van der Waals surface area (Å²) < 4.78 is 2.35. The first kappa shape index (κ1) is 21.5. The quantitative estimate of drug-likeness (QED) is 0.216. The van der Waals surface area contributed by atoms with Crippen molar-refractivity contribution in [1.82, 2.24) is 0 Å². The van der Waals surface area contributed by atoms with Crippen LogP contribution in [0.2, 0.25) is 0 Å². The Kier molecular flexibility index (Phi) is 5.14. The summed E-state index contributed by atoms with van der Waals surface area (Å²) in [6.07, 6.45) is 1.98. The summed E-state index contributed by atoms with van der Waals surface area (Å²) in [6, 6.07) is 27.6. The molecule has 0 aliphatic heterocycles. The highest BCUT2D eigenvalue weighted by molar-refractivity contribution is 6.30. The maximum Gasteiger partial charge on any atom is 0.214 e. The van der Waals surface area contributed by atoms with E-state index >= 15 is 0 Å². The number of ketones is 1. The van der Waals surface area contributed by atoms with Gasteiger partial charge in [0.15, 0.2) is 5.78 Å². The fourth-order valence-corrected chi connectivity index (χ4v) is 5.55. The van der Waals surface area contributed by atoms with Crippen molar-refractivity contribution >= 4 is 39.0 Å². The van der Waals surface area contributed by atoms with Gasteiger partial charge in [-0.1, -0.05) is 56.3 Å². The molecule has 0 unspecified atom stereocenters. The first-order chi connectivity index (χ1) is 17.1. The minimum Gasteiger partial charge on any atom is -0.355 e. The van der Waals surface area contributed by atoms with E-state index in [1.807, 2.05) is 18.2 Å². The Morgan fingerprint density at radius 2 is 1.40 bits per heavy atom. The molecule has 0 saturated carbocycles. The fraction of sp³-hybridized carbons (Fsp3) is 0.188. The number of aryl methyl sites for hydroxylation is 3. The van der Waals surface area contributed by atoms with Gasteiger partial charge in [0.25, 0.3) is 0 Å². The van der Waals surface area contributed by atoms with Crippen molar-refractivity contribution < 1.29 is 9.36 Å². The summed E-state index contributed by atoms with van der Waals surface area (Å²) in [5, 5.41) is 5.83. The number of rotatable bonds is 5. The minimum atomic E-state index is 0.0834. The number of pyridine rings is 1. The van der Waals surface area contributed by atoms with Crippen LogP contribution in [0.5, 0.6) is 0 Å². The van der Waals surface area contributed by atoms with E-state index in [1.54, 1.807) is 0 Å². The molecular weight excluding hydrogens is 428 g/mol. The van der Waals surface area contributed by atoms with E-state index in [1.165, 1.54) is 27.6 Å². The summed E-state index contributed by atoms with van der Waals surface area (Å²) in [4.78, 5) is 14.0. The topological polar surface area (TPSA) is 33.0 Å². The van der Waals surface area contributed by atoms with Crippen molar-refractivity contribution in [2.24, 2.45) is 0 Å². The van der Waals surface area contributed by atoms with E-state index in [4.69, 9.17) is 0 Å². The molecule has 3 heteroatoms. The van der Waals surface area contributed by atoms with Gasteiger partial charge in [0.05, 0.1) is 22.0 Å². The first-order valence-electron chi connectivity index (χ1n) is 12.6. The molecule has 1 aliphatic carbocycles. The zero-order valence-corrected chi connectivity index (χ0v) is 20.5. The summed E-state index contributed by atoms with van der Waals surface area (Å²) in [5.41, 5.74) is 10.5. The predicted molar refractivity (Wildman–Crippen MR) is 145 cm³/mol. The Morgan fingerprint density at radius 1 is 0.714 bits per heavy atom. The van der Waals surface area contributed by atoms with Crippen LogP contribution in [0.4, 0.5) is 11.4 Å². The van der Waals surface area contributed by atoms with Crippen molar-refractivity contribution in [3.8, 4) is 11.1 Å². The second kappa shape index (κ2) is 8.35. The van der Waals surface area contributed by atoms with Crippen LogP contribution < -0.4 is 9.88 Å². The van der Waals surface area contributed by atoms with Crippen LogP contribution in [-0.4, -0.2) is 5.78 Å². The second-order valence-corrected chi connectivity index (χ2v) is 9.26. The van der Waals surface area contributed by atoms with Crippen molar-refractivity contribution in [3.63, 3.8) is 0 Å². The highest BCUT2D eigenvalue weighted by Crippen LogP contribution is 2.45. The number of fused-ring (bicyclic) bond motifs is 4. The molecule has 0 bridgehead atoms. The van der Waals surface area contributed by atoms with Gasteiger partial charge in [-0.25, -0.2) is 0 Å². The van der Waals surface area contributed by atoms with Crippen LogP contribution in [0.15, 0.2) is 78.9 Å². The Morgan fingerprint density at radius 3 is 2.11 bits per heavy atom. The molecule has 1 N–H and O–H groups in total. The molecule has 1 heterocycles. The number of benzene rings is 4. The highest BCUT2D eigenvalue weighted by Gasteiger charge is 2.33. The van der Waals surface area contributed by atoms with Gasteiger partial charge in [0.1, 0.15) is 6.54 Å². The SMILES string of the molecule is CCc1ccc(Nc2ccc3c4c2C(=O)c2ccccc2-c4c2cc(CC)ccc2[n+]3CC)cc1. The molecule has 4 aromatic carbocycles. The van der Waals surface area contributed by atoms with Crippen LogP contribution in [0.1, 0.15) is 47.8 Å². The van der Waals surface area contributed by atoms with Crippen molar-refractivity contribution in [3.05, 3.63) is 101 Å².